The van der Waals surface area contributed by atoms with Crippen LogP contribution < -0.4 is 16.0 Å². The average Bonchev–Trinajstić information content (AvgIpc) is 3.43. The second-order valence-corrected chi connectivity index (χ2v) is 10.6. The number of rotatable bonds is 8. The molecular weight excluding hydrogens is 452 g/mol. The third-order valence-electron chi connectivity index (χ3n) is 8.13. The number of nitrogens with one attached hydrogen (secondary N) is 1. The largest absolute Gasteiger partial charge is 0.512 e. The van der Waals surface area contributed by atoms with Gasteiger partial charge in [-0.25, -0.2) is 9.97 Å². The Morgan fingerprint density at radius 2 is 1.89 bits per heavy atom. The number of carbonyl (C=O) groups is 1. The molecule has 3 atom stereocenters. The molecule has 3 aliphatic rings. The number of aldehydes is 1. The molecule has 36 heavy (non-hydrogen) atoms. The molecule has 0 radical (unpaired) electrons. The van der Waals surface area contributed by atoms with Crippen molar-refractivity contribution in [2.75, 3.05) is 42.9 Å². The number of anilines is 3. The lowest BCUT2D eigenvalue weighted by molar-refractivity contribution is -0.109. The minimum Gasteiger partial charge on any atom is -0.512 e. The number of aromatic nitrogens is 2. The highest BCUT2D eigenvalue weighted by Gasteiger charge is 2.34. The van der Waals surface area contributed by atoms with Gasteiger partial charge < -0.3 is 25.9 Å². The molecule has 8 nitrogen and oxygen atoms in total. The molecule has 0 bridgehead atoms. The number of allylic oxidation sites excluding steroid dienone is 2. The van der Waals surface area contributed by atoms with Gasteiger partial charge in [0.2, 0.25) is 5.95 Å². The van der Waals surface area contributed by atoms with Crippen LogP contribution in [0, 0.1) is 11.8 Å². The van der Waals surface area contributed by atoms with Gasteiger partial charge in [0.1, 0.15) is 6.29 Å². The van der Waals surface area contributed by atoms with Gasteiger partial charge in [-0.3, -0.25) is 4.90 Å². The van der Waals surface area contributed by atoms with Crippen molar-refractivity contribution < 1.29 is 9.90 Å². The Balaban J connectivity index is 1.20. The van der Waals surface area contributed by atoms with Gasteiger partial charge in [0.25, 0.3) is 0 Å². The molecule has 2 heterocycles. The fraction of sp³-hybridized carbons (Fsp3) is 0.536. The van der Waals surface area contributed by atoms with Gasteiger partial charge in [-0.15, -0.1) is 0 Å². The second kappa shape index (κ2) is 11.0. The Labute approximate surface area is 213 Å². The molecule has 2 aliphatic carbocycles. The number of carbonyl (C=O) groups excluding carboxylic acids is 1. The van der Waals surface area contributed by atoms with E-state index in [1.807, 2.05) is 19.2 Å². The maximum atomic E-state index is 10.9. The molecule has 4 N–H and O–H groups in total. The molecule has 3 unspecified atom stereocenters. The van der Waals surface area contributed by atoms with E-state index >= 15 is 0 Å². The predicted molar refractivity (Wildman–Crippen MR) is 143 cm³/mol. The number of fused-ring (bicyclic) bond motifs is 1. The molecule has 1 aliphatic heterocycles. The van der Waals surface area contributed by atoms with Gasteiger partial charge in [-0.2, -0.15) is 0 Å². The van der Waals surface area contributed by atoms with Gasteiger partial charge in [0, 0.05) is 50.3 Å². The minimum absolute atomic E-state index is 0.00185. The monoisotopic (exact) mass is 490 g/mol. The Bertz CT molecular complexity index is 1070. The first-order chi connectivity index (χ1) is 17.5. The molecule has 2 fully saturated rings. The molecule has 0 spiro atoms. The summed E-state index contributed by atoms with van der Waals surface area (Å²) >= 11 is 0. The van der Waals surface area contributed by atoms with E-state index in [4.69, 9.17) is 10.7 Å². The topological polar surface area (TPSA) is 108 Å². The van der Waals surface area contributed by atoms with Crippen LogP contribution >= 0.6 is 0 Å². The van der Waals surface area contributed by atoms with Crippen LogP contribution in [0.15, 0.2) is 42.3 Å². The summed E-state index contributed by atoms with van der Waals surface area (Å²) in [5.74, 6) is 1.68. The fourth-order valence-corrected chi connectivity index (χ4v) is 5.88. The van der Waals surface area contributed by atoms with Crippen LogP contribution in [0.3, 0.4) is 0 Å². The summed E-state index contributed by atoms with van der Waals surface area (Å²) in [6, 6.07) is 8.02. The molecule has 8 heteroatoms. The molecule has 2 aromatic rings. The van der Waals surface area contributed by atoms with Crippen LogP contribution in [0.25, 0.3) is 0 Å². The molecule has 192 valence electrons. The highest BCUT2D eigenvalue weighted by atomic mass is 16.3. The summed E-state index contributed by atoms with van der Waals surface area (Å²) in [5.41, 5.74) is 10.1. The van der Waals surface area contributed by atoms with Gasteiger partial charge in [-0.1, -0.05) is 19.8 Å². The Morgan fingerprint density at radius 3 is 2.58 bits per heavy atom. The Kier molecular flexibility index (Phi) is 7.53. The summed E-state index contributed by atoms with van der Waals surface area (Å²) in [4.78, 5) is 25.1. The van der Waals surface area contributed by atoms with E-state index in [2.05, 4.69) is 44.4 Å². The lowest BCUT2D eigenvalue weighted by Gasteiger charge is -2.37. The van der Waals surface area contributed by atoms with Crippen molar-refractivity contribution >= 4 is 23.6 Å². The smallest absolute Gasteiger partial charge is 0.227 e. The molecule has 0 amide bonds. The molecule has 1 saturated heterocycles. The maximum Gasteiger partial charge on any atom is 0.227 e. The quantitative estimate of drug-likeness (QED) is 0.480. The zero-order valence-corrected chi connectivity index (χ0v) is 21.1. The first kappa shape index (κ1) is 24.7. The average molecular weight is 491 g/mol. The third kappa shape index (κ3) is 5.39. The number of aliphatic hydroxyl groups excluding tert-OH is 1. The second-order valence-electron chi connectivity index (χ2n) is 10.6. The number of hydrogen-bond acceptors (Lipinski definition) is 8. The number of nitrogens with zero attached hydrogens (tertiary/aromatic N) is 4. The first-order valence-corrected chi connectivity index (χ1v) is 13.3. The SMILES string of the molecule is CC(CN1CCN(c2ccc(Nc3ncc4c(n3)C(C3CCCC3)C(O)=CC4)cc2)CC1)C(N)C=O. The first-order valence-electron chi connectivity index (χ1n) is 13.3. The summed E-state index contributed by atoms with van der Waals surface area (Å²) in [6.45, 7) is 6.71. The number of benzene rings is 1. The van der Waals surface area contributed by atoms with Crippen LogP contribution in [0.1, 0.15) is 49.8 Å². The third-order valence-corrected chi connectivity index (χ3v) is 8.13. The van der Waals surface area contributed by atoms with E-state index in [9.17, 15) is 9.90 Å². The van der Waals surface area contributed by atoms with Crippen molar-refractivity contribution in [2.24, 2.45) is 17.6 Å². The van der Waals surface area contributed by atoms with Crippen molar-refractivity contribution in [3.8, 4) is 0 Å². The summed E-state index contributed by atoms with van der Waals surface area (Å²) in [5, 5.41) is 14.0. The molecule has 1 aromatic heterocycles. The number of aliphatic hydroxyl groups is 1. The normalized spacial score (nSPS) is 22.6. The molecule has 1 aromatic carbocycles. The van der Waals surface area contributed by atoms with Crippen molar-refractivity contribution in [3.05, 3.63) is 53.6 Å². The maximum absolute atomic E-state index is 10.9. The standard InChI is InChI=1S/C28H38N6O2/c1-19(24(29)18-35)17-33-12-14-34(15-13-33)23-9-7-22(8-10-23)31-28-30-16-21-6-11-25(36)26(27(21)32-28)20-4-2-3-5-20/h7-11,16,18-20,24,26,36H,2-6,12-15,17,29H2,1H3,(H,30,31,32). The summed E-state index contributed by atoms with van der Waals surface area (Å²) in [6.07, 6.45) is 10.1. The minimum atomic E-state index is -0.391. The van der Waals surface area contributed by atoms with E-state index in [1.54, 1.807) is 0 Å². The lowest BCUT2D eigenvalue weighted by Crippen LogP contribution is -2.49. The molecule has 5 rings (SSSR count). The summed E-state index contributed by atoms with van der Waals surface area (Å²) in [7, 11) is 0. The van der Waals surface area contributed by atoms with Crippen molar-refractivity contribution in [1.29, 1.82) is 0 Å². The van der Waals surface area contributed by atoms with Crippen LogP contribution in [0.4, 0.5) is 17.3 Å². The van der Waals surface area contributed by atoms with E-state index in [-0.39, 0.29) is 11.8 Å². The van der Waals surface area contributed by atoms with Crippen molar-refractivity contribution in [3.63, 3.8) is 0 Å². The van der Waals surface area contributed by atoms with Crippen molar-refractivity contribution in [2.45, 2.75) is 51.0 Å². The zero-order valence-electron chi connectivity index (χ0n) is 21.1. The van der Waals surface area contributed by atoms with E-state index < -0.39 is 6.04 Å². The van der Waals surface area contributed by atoms with Crippen LogP contribution in [-0.2, 0) is 11.2 Å². The van der Waals surface area contributed by atoms with Crippen LogP contribution in [0.2, 0.25) is 0 Å². The number of nitrogens with two attached hydrogens (primary N) is 1. The number of hydrogen-bond donors (Lipinski definition) is 3. The van der Waals surface area contributed by atoms with Crippen LogP contribution in [0.5, 0.6) is 0 Å². The highest BCUT2D eigenvalue weighted by Crippen LogP contribution is 2.43. The van der Waals surface area contributed by atoms with E-state index in [0.717, 1.165) is 68.8 Å². The van der Waals surface area contributed by atoms with E-state index in [0.29, 0.717) is 24.0 Å². The summed E-state index contributed by atoms with van der Waals surface area (Å²) < 4.78 is 0. The van der Waals surface area contributed by atoms with Gasteiger partial charge >= 0.3 is 0 Å². The van der Waals surface area contributed by atoms with Crippen molar-refractivity contribution in [1.82, 2.24) is 14.9 Å². The Morgan fingerprint density at radius 1 is 1.17 bits per heavy atom. The molecular formula is C28H38N6O2. The fourth-order valence-electron chi connectivity index (χ4n) is 5.88. The van der Waals surface area contributed by atoms with Crippen LogP contribution in [-0.4, -0.2) is 65.0 Å². The lowest BCUT2D eigenvalue weighted by atomic mass is 9.81. The van der Waals surface area contributed by atoms with E-state index in [1.165, 1.54) is 18.5 Å². The predicted octanol–water partition coefficient (Wildman–Crippen LogP) is 3.78. The van der Waals surface area contributed by atoms with Gasteiger partial charge in [-0.05, 0) is 67.0 Å². The van der Waals surface area contributed by atoms with Gasteiger partial charge in [0.05, 0.1) is 23.4 Å². The molecule has 1 saturated carbocycles. The number of piperazine rings is 1. The zero-order chi connectivity index (χ0) is 25.1. The highest BCUT2D eigenvalue weighted by molar-refractivity contribution is 5.60. The Hall–Kier alpha value is -2.97. The van der Waals surface area contributed by atoms with Gasteiger partial charge in [0.15, 0.2) is 0 Å².